The van der Waals surface area contributed by atoms with Gasteiger partial charge in [0.1, 0.15) is 0 Å². The number of nitrogens with two attached hydrogens (primary N) is 1. The number of ether oxygens (including phenoxy) is 1. The molecule has 3 rings (SSSR count). The Hall–Kier alpha value is -1.89. The molecule has 0 amide bonds. The molecule has 0 aromatic carbocycles. The molecule has 0 spiro atoms. The van der Waals surface area contributed by atoms with E-state index in [0.29, 0.717) is 23.1 Å². The van der Waals surface area contributed by atoms with E-state index in [1.807, 2.05) is 36.9 Å². The second-order valence-electron chi connectivity index (χ2n) is 8.18. The summed E-state index contributed by atoms with van der Waals surface area (Å²) in [6.45, 7) is 8.42. The molecule has 0 unspecified atom stereocenters. The van der Waals surface area contributed by atoms with Crippen LogP contribution in [0.5, 0.6) is 0 Å². The maximum atomic E-state index is 11.4. The third kappa shape index (κ3) is 4.71. The van der Waals surface area contributed by atoms with Gasteiger partial charge in [-0.15, -0.1) is 0 Å². The average Bonchev–Trinajstić information content (AvgIpc) is 3.31. The SMILES string of the molecule is CC(C)N(C(C)C)[PH](O)(CCC#N)OC[C@@H]1CC[C@H](n2cnc3c(N)ncnc32)O1. The molecule has 0 aliphatic carbocycles. The zero-order valence-corrected chi connectivity index (χ0v) is 19.0. The number of nitrogen functional groups attached to an aromatic ring is 1. The van der Waals surface area contributed by atoms with Crippen molar-refractivity contribution in [1.82, 2.24) is 24.2 Å². The van der Waals surface area contributed by atoms with Crippen molar-refractivity contribution in [3.8, 4) is 6.07 Å². The van der Waals surface area contributed by atoms with Gasteiger partial charge in [-0.25, -0.2) is 0 Å². The van der Waals surface area contributed by atoms with Crippen molar-refractivity contribution in [3.05, 3.63) is 12.7 Å². The van der Waals surface area contributed by atoms with Crippen molar-refractivity contribution in [3.63, 3.8) is 0 Å². The van der Waals surface area contributed by atoms with Crippen molar-refractivity contribution in [2.45, 2.75) is 71.4 Å². The van der Waals surface area contributed by atoms with Gasteiger partial charge in [-0.05, 0) is 0 Å². The summed E-state index contributed by atoms with van der Waals surface area (Å²) >= 11 is 0. The molecule has 3 N–H and O–H groups in total. The van der Waals surface area contributed by atoms with E-state index >= 15 is 0 Å². The number of hydrogen-bond donors (Lipinski definition) is 2. The summed E-state index contributed by atoms with van der Waals surface area (Å²) < 4.78 is 16.2. The Morgan fingerprint density at radius 2 is 2.07 bits per heavy atom. The van der Waals surface area contributed by atoms with Gasteiger partial charge in [0.15, 0.2) is 0 Å². The molecule has 2 aromatic rings. The number of nitrogens with zero attached hydrogens (tertiary/aromatic N) is 6. The van der Waals surface area contributed by atoms with E-state index < -0.39 is 7.87 Å². The standard InChI is InChI=1S/C19H32N7O3P/c1-13(2)26(14(3)4)30(27,9-5-8-20)28-10-15-6-7-16(29-15)25-12-24-17-18(21)22-11-23-19(17)25/h11-16,27,30H,5-7,9-10H2,1-4H3,(H2,21,22,23)/t15-,16+/m0/s1. The van der Waals surface area contributed by atoms with E-state index in [4.69, 9.17) is 20.3 Å². The van der Waals surface area contributed by atoms with Crippen molar-refractivity contribution in [1.29, 1.82) is 5.26 Å². The zero-order valence-electron chi connectivity index (χ0n) is 18.0. The van der Waals surface area contributed by atoms with Gasteiger partial charge in [-0.3, -0.25) is 0 Å². The topological polar surface area (TPSA) is 135 Å². The molecule has 1 aliphatic heterocycles. The molecule has 10 nitrogen and oxygen atoms in total. The number of rotatable bonds is 9. The van der Waals surface area contributed by atoms with Gasteiger partial charge in [-0.1, -0.05) is 0 Å². The van der Waals surface area contributed by atoms with Gasteiger partial charge in [0, 0.05) is 0 Å². The molecule has 2 atom stereocenters. The van der Waals surface area contributed by atoms with Gasteiger partial charge in [0.05, 0.1) is 0 Å². The molecule has 2 aromatic heterocycles. The third-order valence-electron chi connectivity index (χ3n) is 5.36. The minimum absolute atomic E-state index is 0.111. The number of nitriles is 1. The maximum absolute atomic E-state index is 11.4. The van der Waals surface area contributed by atoms with Crippen LogP contribution in [0.2, 0.25) is 0 Å². The molecule has 0 radical (unpaired) electrons. The van der Waals surface area contributed by atoms with E-state index in [1.54, 1.807) is 6.33 Å². The van der Waals surface area contributed by atoms with Crippen LogP contribution in [-0.4, -0.2) is 60.0 Å². The molecular formula is C19H32N7O3P. The number of imidazole rings is 1. The Balaban J connectivity index is 1.68. The fourth-order valence-electron chi connectivity index (χ4n) is 4.22. The Morgan fingerprint density at radius 1 is 1.33 bits per heavy atom. The fraction of sp³-hybridized carbons (Fsp3) is 0.684. The number of anilines is 1. The van der Waals surface area contributed by atoms with Crippen LogP contribution in [0.3, 0.4) is 0 Å². The van der Waals surface area contributed by atoms with Crippen molar-refractivity contribution >= 4 is 24.8 Å². The summed E-state index contributed by atoms with van der Waals surface area (Å²) in [5, 5.41) is 9.05. The van der Waals surface area contributed by atoms with Gasteiger partial charge >= 0.3 is 177 Å². The third-order valence-corrected chi connectivity index (χ3v) is 8.73. The molecule has 30 heavy (non-hydrogen) atoms. The monoisotopic (exact) mass is 437 g/mol. The Labute approximate surface area is 177 Å². The van der Waals surface area contributed by atoms with Crippen LogP contribution in [0.15, 0.2) is 12.7 Å². The first-order valence-electron chi connectivity index (χ1n) is 10.4. The first kappa shape index (κ1) is 22.8. The van der Waals surface area contributed by atoms with Gasteiger partial charge < -0.3 is 0 Å². The number of hydrogen-bond acceptors (Lipinski definition) is 9. The molecular weight excluding hydrogens is 405 g/mol. The normalized spacial score (nSPS) is 20.5. The summed E-state index contributed by atoms with van der Waals surface area (Å²) in [5.41, 5.74) is 7.07. The predicted molar refractivity (Wildman–Crippen MR) is 117 cm³/mol. The summed E-state index contributed by atoms with van der Waals surface area (Å²) in [6.07, 6.45) is 4.87. The molecule has 1 aliphatic rings. The van der Waals surface area contributed by atoms with Gasteiger partial charge in [-0.2, -0.15) is 0 Å². The fourth-order valence-corrected chi connectivity index (χ4v) is 7.27. The molecule has 0 saturated carbocycles. The summed E-state index contributed by atoms with van der Waals surface area (Å²) in [5.74, 6) is 0.340. The van der Waals surface area contributed by atoms with E-state index in [9.17, 15) is 4.89 Å². The van der Waals surface area contributed by atoms with Crippen LogP contribution >= 0.6 is 7.87 Å². The molecule has 166 valence electrons. The van der Waals surface area contributed by atoms with E-state index in [-0.39, 0.29) is 37.4 Å². The predicted octanol–water partition coefficient (Wildman–Crippen LogP) is 2.62. The molecule has 11 heteroatoms. The second kappa shape index (κ2) is 9.50. The van der Waals surface area contributed by atoms with Crippen molar-refractivity contribution in [2.75, 3.05) is 18.5 Å². The van der Waals surface area contributed by atoms with Gasteiger partial charge in [0.2, 0.25) is 0 Å². The summed E-state index contributed by atoms with van der Waals surface area (Å²) in [7, 11) is -3.26. The second-order valence-corrected chi connectivity index (χ2v) is 11.0. The number of aromatic nitrogens is 4. The van der Waals surface area contributed by atoms with Crippen LogP contribution in [0.25, 0.3) is 11.2 Å². The van der Waals surface area contributed by atoms with Crippen molar-refractivity contribution < 1.29 is 14.2 Å². The molecule has 0 bridgehead atoms. The van der Waals surface area contributed by atoms with Crippen LogP contribution in [0.1, 0.15) is 53.2 Å². The van der Waals surface area contributed by atoms with E-state index in [1.165, 1.54) is 6.33 Å². The molecule has 1 fully saturated rings. The van der Waals surface area contributed by atoms with E-state index in [2.05, 4.69) is 21.0 Å². The number of fused-ring (bicyclic) bond motifs is 1. The molecule has 3 heterocycles. The van der Waals surface area contributed by atoms with Crippen LogP contribution in [-0.2, 0) is 9.26 Å². The van der Waals surface area contributed by atoms with Crippen LogP contribution < -0.4 is 5.73 Å². The van der Waals surface area contributed by atoms with Crippen LogP contribution in [0, 0.1) is 11.3 Å². The van der Waals surface area contributed by atoms with E-state index in [0.717, 1.165) is 12.8 Å². The minimum atomic E-state index is -3.26. The summed E-state index contributed by atoms with van der Waals surface area (Å²) in [4.78, 5) is 24.0. The Bertz CT molecular complexity index is 892. The van der Waals surface area contributed by atoms with Crippen LogP contribution in [0.4, 0.5) is 5.82 Å². The summed E-state index contributed by atoms with van der Waals surface area (Å²) in [6, 6.07) is 2.36. The van der Waals surface area contributed by atoms with Gasteiger partial charge in [0.25, 0.3) is 0 Å². The first-order valence-corrected chi connectivity index (χ1v) is 12.4. The quantitative estimate of drug-likeness (QED) is 0.567. The van der Waals surface area contributed by atoms with Crippen molar-refractivity contribution in [2.24, 2.45) is 0 Å². The Morgan fingerprint density at radius 3 is 2.73 bits per heavy atom. The molecule has 1 saturated heterocycles. The first-order chi connectivity index (χ1) is 14.3. The zero-order chi connectivity index (χ0) is 21.9. The average molecular weight is 437 g/mol. The Kier molecular flexibility index (Phi) is 7.22.